The second-order valence-electron chi connectivity index (χ2n) is 7.33. The van der Waals surface area contributed by atoms with Crippen molar-refractivity contribution in [1.29, 1.82) is 0 Å². The van der Waals surface area contributed by atoms with Gasteiger partial charge in [0, 0.05) is 39.5 Å². The highest BCUT2D eigenvalue weighted by atomic mass is 32.1. The van der Waals surface area contributed by atoms with E-state index in [-0.39, 0.29) is 5.41 Å². The van der Waals surface area contributed by atoms with Crippen molar-refractivity contribution in [2.45, 2.75) is 32.7 Å². The maximum absolute atomic E-state index is 6.24. The van der Waals surface area contributed by atoms with Gasteiger partial charge in [0.1, 0.15) is 0 Å². The molecule has 1 aromatic heterocycles. The standard InChI is InChI=1S/C21H25N3S/c1-21(2,3)14-6-4-13(5-7-14)17-12-25-19(11-22)20(17)16-10-15(23)8-9-18(16)24/h4-10,12H,11,22-24H2,1-3H3. The molecule has 0 atom stereocenters. The summed E-state index contributed by atoms with van der Waals surface area (Å²) >= 11 is 1.67. The molecule has 0 fully saturated rings. The van der Waals surface area contributed by atoms with Gasteiger partial charge in [-0.25, -0.2) is 0 Å². The first-order valence-electron chi connectivity index (χ1n) is 8.38. The highest BCUT2D eigenvalue weighted by Gasteiger charge is 2.18. The summed E-state index contributed by atoms with van der Waals surface area (Å²) in [6.45, 7) is 7.14. The number of nitrogen functional groups attached to an aromatic ring is 2. The Kier molecular flexibility index (Phi) is 4.58. The van der Waals surface area contributed by atoms with Crippen LogP contribution in [0.15, 0.2) is 47.8 Å². The molecular weight excluding hydrogens is 326 g/mol. The minimum Gasteiger partial charge on any atom is -0.399 e. The van der Waals surface area contributed by atoms with Crippen LogP contribution in [0.4, 0.5) is 11.4 Å². The van der Waals surface area contributed by atoms with Gasteiger partial charge in [-0.2, -0.15) is 0 Å². The molecule has 0 aliphatic heterocycles. The molecule has 3 rings (SSSR count). The van der Waals surface area contributed by atoms with Crippen molar-refractivity contribution in [2.24, 2.45) is 5.73 Å². The number of benzene rings is 2. The number of hydrogen-bond acceptors (Lipinski definition) is 4. The number of hydrogen-bond donors (Lipinski definition) is 3. The lowest BCUT2D eigenvalue weighted by Crippen LogP contribution is -2.10. The first kappa shape index (κ1) is 17.5. The lowest BCUT2D eigenvalue weighted by atomic mass is 9.86. The van der Waals surface area contributed by atoms with Crippen molar-refractivity contribution in [3.8, 4) is 22.3 Å². The molecule has 0 spiro atoms. The quantitative estimate of drug-likeness (QED) is 0.581. The predicted octanol–water partition coefficient (Wildman–Crippen LogP) is 5.00. The van der Waals surface area contributed by atoms with Crippen LogP contribution in [-0.2, 0) is 12.0 Å². The van der Waals surface area contributed by atoms with Gasteiger partial charge in [0.15, 0.2) is 0 Å². The SMILES string of the molecule is CC(C)(C)c1ccc(-c2csc(CN)c2-c2cc(N)ccc2N)cc1. The van der Waals surface area contributed by atoms with E-state index in [9.17, 15) is 0 Å². The molecule has 25 heavy (non-hydrogen) atoms. The first-order chi connectivity index (χ1) is 11.8. The van der Waals surface area contributed by atoms with Crippen molar-refractivity contribution in [3.05, 3.63) is 58.3 Å². The Hall–Kier alpha value is -2.30. The third kappa shape index (κ3) is 3.41. The van der Waals surface area contributed by atoms with Gasteiger partial charge < -0.3 is 17.2 Å². The van der Waals surface area contributed by atoms with Crippen molar-refractivity contribution in [3.63, 3.8) is 0 Å². The number of nitrogens with two attached hydrogens (primary N) is 3. The van der Waals surface area contributed by atoms with E-state index in [1.165, 1.54) is 11.1 Å². The van der Waals surface area contributed by atoms with Crippen molar-refractivity contribution >= 4 is 22.7 Å². The Bertz CT molecular complexity index is 886. The van der Waals surface area contributed by atoms with Gasteiger partial charge in [0.25, 0.3) is 0 Å². The average molecular weight is 352 g/mol. The average Bonchev–Trinajstić information content (AvgIpc) is 3.00. The van der Waals surface area contributed by atoms with Crippen molar-refractivity contribution < 1.29 is 0 Å². The predicted molar refractivity (Wildman–Crippen MR) is 111 cm³/mol. The fourth-order valence-corrected chi connectivity index (χ4v) is 3.94. The molecular formula is C21H25N3S. The van der Waals surface area contributed by atoms with Crippen LogP contribution in [-0.4, -0.2) is 0 Å². The molecule has 1 heterocycles. The van der Waals surface area contributed by atoms with E-state index in [2.05, 4.69) is 50.4 Å². The van der Waals surface area contributed by atoms with E-state index in [1.54, 1.807) is 11.3 Å². The van der Waals surface area contributed by atoms with Gasteiger partial charge in [0.05, 0.1) is 0 Å². The minimum atomic E-state index is 0.136. The third-order valence-electron chi connectivity index (χ3n) is 4.46. The highest BCUT2D eigenvalue weighted by molar-refractivity contribution is 7.11. The zero-order valence-corrected chi connectivity index (χ0v) is 15.8. The second-order valence-corrected chi connectivity index (χ2v) is 8.29. The van der Waals surface area contributed by atoms with Gasteiger partial charge in [-0.3, -0.25) is 0 Å². The van der Waals surface area contributed by atoms with Crippen LogP contribution in [0.5, 0.6) is 0 Å². The molecule has 2 aromatic carbocycles. The summed E-state index contributed by atoms with van der Waals surface area (Å²) in [5.74, 6) is 0. The smallest absolute Gasteiger partial charge is 0.0395 e. The van der Waals surface area contributed by atoms with Crippen LogP contribution in [0.1, 0.15) is 31.2 Å². The van der Waals surface area contributed by atoms with Gasteiger partial charge in [-0.15, -0.1) is 11.3 Å². The number of rotatable bonds is 3. The largest absolute Gasteiger partial charge is 0.399 e. The summed E-state index contributed by atoms with van der Waals surface area (Å²) in [6, 6.07) is 14.4. The first-order valence-corrected chi connectivity index (χ1v) is 9.26. The van der Waals surface area contributed by atoms with Crippen molar-refractivity contribution in [1.82, 2.24) is 0 Å². The van der Waals surface area contributed by atoms with Crippen LogP contribution >= 0.6 is 11.3 Å². The molecule has 0 aliphatic carbocycles. The molecule has 3 nitrogen and oxygen atoms in total. The molecule has 0 radical (unpaired) electrons. The summed E-state index contributed by atoms with van der Waals surface area (Å²) in [7, 11) is 0. The van der Waals surface area contributed by atoms with Gasteiger partial charge >= 0.3 is 0 Å². The fourth-order valence-electron chi connectivity index (χ4n) is 3.00. The van der Waals surface area contributed by atoms with Crippen LogP contribution in [0, 0.1) is 0 Å². The summed E-state index contributed by atoms with van der Waals surface area (Å²) in [5, 5.41) is 2.16. The van der Waals surface area contributed by atoms with Crippen LogP contribution in [0.25, 0.3) is 22.3 Å². The second kappa shape index (κ2) is 6.54. The fraction of sp³-hybridized carbons (Fsp3) is 0.238. The van der Waals surface area contributed by atoms with Gasteiger partial charge in [0.2, 0.25) is 0 Å². The monoisotopic (exact) mass is 351 g/mol. The van der Waals surface area contributed by atoms with E-state index in [1.807, 2.05) is 18.2 Å². The molecule has 4 heteroatoms. The zero-order valence-electron chi connectivity index (χ0n) is 15.0. The Morgan fingerprint density at radius 1 is 0.920 bits per heavy atom. The number of anilines is 2. The molecule has 6 N–H and O–H groups in total. The molecule has 0 aliphatic rings. The van der Waals surface area contributed by atoms with Crippen LogP contribution in [0.3, 0.4) is 0 Å². The summed E-state index contributed by atoms with van der Waals surface area (Å²) in [5.41, 5.74) is 25.5. The van der Waals surface area contributed by atoms with Gasteiger partial charge in [-0.05, 0) is 40.1 Å². The zero-order chi connectivity index (χ0) is 18.2. The molecule has 0 amide bonds. The van der Waals surface area contributed by atoms with Crippen LogP contribution < -0.4 is 17.2 Å². The molecule has 0 saturated carbocycles. The molecule has 0 saturated heterocycles. The lowest BCUT2D eigenvalue weighted by Gasteiger charge is -2.19. The maximum Gasteiger partial charge on any atom is 0.0395 e. The molecule has 0 unspecified atom stereocenters. The third-order valence-corrected chi connectivity index (χ3v) is 5.47. The van der Waals surface area contributed by atoms with E-state index in [0.29, 0.717) is 12.2 Å². The molecule has 3 aromatic rings. The van der Waals surface area contributed by atoms with E-state index in [4.69, 9.17) is 17.2 Å². The Balaban J connectivity index is 2.15. The summed E-state index contributed by atoms with van der Waals surface area (Å²) in [6.07, 6.45) is 0. The minimum absolute atomic E-state index is 0.136. The Morgan fingerprint density at radius 2 is 1.60 bits per heavy atom. The highest BCUT2D eigenvalue weighted by Crippen LogP contribution is 2.42. The number of thiophene rings is 1. The lowest BCUT2D eigenvalue weighted by molar-refractivity contribution is 0.590. The van der Waals surface area contributed by atoms with E-state index < -0.39 is 0 Å². The molecule has 130 valence electrons. The van der Waals surface area contributed by atoms with Gasteiger partial charge in [-0.1, -0.05) is 45.0 Å². The topological polar surface area (TPSA) is 78.1 Å². The summed E-state index contributed by atoms with van der Waals surface area (Å²) in [4.78, 5) is 1.12. The molecule has 0 bridgehead atoms. The summed E-state index contributed by atoms with van der Waals surface area (Å²) < 4.78 is 0. The maximum atomic E-state index is 6.24. The van der Waals surface area contributed by atoms with E-state index >= 15 is 0 Å². The van der Waals surface area contributed by atoms with Crippen LogP contribution in [0.2, 0.25) is 0 Å². The Morgan fingerprint density at radius 3 is 2.20 bits per heavy atom. The van der Waals surface area contributed by atoms with E-state index in [0.717, 1.165) is 27.3 Å². The normalized spacial score (nSPS) is 11.7. The Labute approximate surface area is 153 Å². The van der Waals surface area contributed by atoms with Crippen molar-refractivity contribution in [2.75, 3.05) is 11.5 Å².